The smallest absolute Gasteiger partial charge is 0.339 e. The molecule has 3 nitrogen and oxygen atoms in total. The summed E-state index contributed by atoms with van der Waals surface area (Å²) >= 11 is 0. The number of aromatic carboxylic acids is 1. The summed E-state index contributed by atoms with van der Waals surface area (Å²) in [5.41, 5.74) is 9.04. The molecular formula is C29H34O3. The van der Waals surface area contributed by atoms with E-state index in [4.69, 9.17) is 0 Å². The standard InChI is InChI=1S/C29H34O3/c1-5-19-9-11-24(22(7-3)13-19)15-21-16-26(28(30)27(17-21)29(31)32)18-25-12-10-20(6-2)14-23(25)8-4/h9-14,16-17,30H,5-8,15,18H2,1-4H3,(H,31,32). The van der Waals surface area contributed by atoms with E-state index >= 15 is 0 Å². The van der Waals surface area contributed by atoms with E-state index in [2.05, 4.69) is 64.1 Å². The molecule has 168 valence electrons. The molecule has 3 aromatic rings. The summed E-state index contributed by atoms with van der Waals surface area (Å²) in [7, 11) is 0. The average Bonchev–Trinajstić information content (AvgIpc) is 2.81. The highest BCUT2D eigenvalue weighted by molar-refractivity contribution is 5.91. The van der Waals surface area contributed by atoms with E-state index in [1.54, 1.807) is 6.07 Å². The van der Waals surface area contributed by atoms with Crippen molar-refractivity contribution in [1.29, 1.82) is 0 Å². The molecule has 3 rings (SSSR count). The van der Waals surface area contributed by atoms with Gasteiger partial charge in [-0.1, -0.05) is 70.2 Å². The van der Waals surface area contributed by atoms with Crippen LogP contribution in [-0.2, 0) is 38.5 Å². The van der Waals surface area contributed by atoms with Crippen molar-refractivity contribution < 1.29 is 15.0 Å². The second-order valence-corrected chi connectivity index (χ2v) is 8.43. The Morgan fingerprint density at radius 1 is 0.625 bits per heavy atom. The van der Waals surface area contributed by atoms with E-state index in [1.807, 2.05) is 6.07 Å². The van der Waals surface area contributed by atoms with Gasteiger partial charge in [-0.05, 0) is 82.7 Å². The molecule has 2 N–H and O–H groups in total. The van der Waals surface area contributed by atoms with Crippen molar-refractivity contribution in [2.24, 2.45) is 0 Å². The lowest BCUT2D eigenvalue weighted by atomic mass is 9.90. The van der Waals surface area contributed by atoms with Gasteiger partial charge in [0.2, 0.25) is 0 Å². The maximum atomic E-state index is 11.9. The molecule has 0 spiro atoms. The van der Waals surface area contributed by atoms with Crippen LogP contribution in [0.1, 0.15) is 82.6 Å². The van der Waals surface area contributed by atoms with Crippen LogP contribution in [0.5, 0.6) is 5.75 Å². The molecule has 3 heteroatoms. The summed E-state index contributed by atoms with van der Waals surface area (Å²) in [6.07, 6.45) is 4.98. The number of carboxylic acids is 1. The molecule has 0 aromatic heterocycles. The minimum Gasteiger partial charge on any atom is -0.507 e. The van der Waals surface area contributed by atoms with Gasteiger partial charge in [0.25, 0.3) is 0 Å². The number of rotatable bonds is 9. The van der Waals surface area contributed by atoms with Crippen molar-refractivity contribution in [2.45, 2.75) is 66.2 Å². The molecule has 0 aliphatic carbocycles. The Balaban J connectivity index is 2.03. The zero-order valence-electron chi connectivity index (χ0n) is 19.7. The van der Waals surface area contributed by atoms with E-state index < -0.39 is 5.97 Å². The highest BCUT2D eigenvalue weighted by Gasteiger charge is 2.18. The number of phenols is 1. The fourth-order valence-electron chi connectivity index (χ4n) is 4.39. The maximum Gasteiger partial charge on any atom is 0.339 e. The molecule has 0 aliphatic rings. The highest BCUT2D eigenvalue weighted by Crippen LogP contribution is 2.30. The number of hydrogen-bond acceptors (Lipinski definition) is 2. The lowest BCUT2D eigenvalue weighted by Gasteiger charge is -2.15. The Morgan fingerprint density at radius 2 is 1.12 bits per heavy atom. The van der Waals surface area contributed by atoms with E-state index in [0.717, 1.165) is 36.8 Å². The van der Waals surface area contributed by atoms with E-state index in [-0.39, 0.29) is 11.3 Å². The van der Waals surface area contributed by atoms with Crippen LogP contribution in [0.15, 0.2) is 48.5 Å². The number of carboxylic acid groups (broad SMARTS) is 1. The molecule has 0 aliphatic heterocycles. The molecule has 0 atom stereocenters. The van der Waals surface area contributed by atoms with Crippen LogP contribution in [0.2, 0.25) is 0 Å². The molecule has 3 aromatic carbocycles. The Kier molecular flexibility index (Phi) is 7.74. The van der Waals surface area contributed by atoms with Crippen LogP contribution in [0.25, 0.3) is 0 Å². The first-order chi connectivity index (χ1) is 15.4. The Labute approximate surface area is 191 Å². The molecule has 0 amide bonds. The first kappa shape index (κ1) is 23.6. The van der Waals surface area contributed by atoms with Crippen LogP contribution >= 0.6 is 0 Å². The number of hydrogen-bond donors (Lipinski definition) is 2. The zero-order valence-corrected chi connectivity index (χ0v) is 19.7. The third kappa shape index (κ3) is 5.21. The SMILES string of the molecule is CCc1ccc(Cc2cc(Cc3ccc(CC)cc3CC)c(O)c(C(=O)O)c2)c(CC)c1. The predicted molar refractivity (Wildman–Crippen MR) is 131 cm³/mol. The number of benzene rings is 3. The van der Waals surface area contributed by atoms with Gasteiger partial charge in [0.05, 0.1) is 0 Å². The minimum atomic E-state index is -1.10. The van der Waals surface area contributed by atoms with Crippen molar-refractivity contribution in [1.82, 2.24) is 0 Å². The largest absolute Gasteiger partial charge is 0.507 e. The van der Waals surface area contributed by atoms with Crippen molar-refractivity contribution in [3.63, 3.8) is 0 Å². The monoisotopic (exact) mass is 430 g/mol. The fourth-order valence-corrected chi connectivity index (χ4v) is 4.39. The van der Waals surface area contributed by atoms with Gasteiger partial charge in [0.15, 0.2) is 0 Å². The number of aryl methyl sites for hydroxylation is 4. The number of carbonyl (C=O) groups is 1. The van der Waals surface area contributed by atoms with Gasteiger partial charge in [0, 0.05) is 6.42 Å². The fraction of sp³-hybridized carbons (Fsp3) is 0.345. The number of aromatic hydroxyl groups is 1. The summed E-state index contributed by atoms with van der Waals surface area (Å²) in [5, 5.41) is 20.5. The summed E-state index contributed by atoms with van der Waals surface area (Å²) in [6, 6.07) is 16.6. The summed E-state index contributed by atoms with van der Waals surface area (Å²) in [5.74, 6) is -1.22. The summed E-state index contributed by atoms with van der Waals surface area (Å²) in [4.78, 5) is 11.9. The van der Waals surface area contributed by atoms with Crippen LogP contribution in [0.3, 0.4) is 0 Å². The second kappa shape index (κ2) is 10.5. The van der Waals surface area contributed by atoms with Crippen LogP contribution < -0.4 is 0 Å². The summed E-state index contributed by atoms with van der Waals surface area (Å²) in [6.45, 7) is 8.57. The van der Waals surface area contributed by atoms with Crippen LogP contribution in [0, 0.1) is 0 Å². The molecular weight excluding hydrogens is 396 g/mol. The van der Waals surface area contributed by atoms with Gasteiger partial charge in [-0.3, -0.25) is 0 Å². The molecule has 32 heavy (non-hydrogen) atoms. The molecule has 0 bridgehead atoms. The van der Waals surface area contributed by atoms with Crippen molar-refractivity contribution in [2.75, 3.05) is 0 Å². The molecule has 0 saturated heterocycles. The summed E-state index contributed by atoms with van der Waals surface area (Å²) < 4.78 is 0. The Bertz CT molecular complexity index is 1110. The minimum absolute atomic E-state index is 0.0241. The van der Waals surface area contributed by atoms with Gasteiger partial charge < -0.3 is 10.2 Å². The van der Waals surface area contributed by atoms with Gasteiger partial charge >= 0.3 is 5.97 Å². The van der Waals surface area contributed by atoms with E-state index in [1.165, 1.54) is 27.8 Å². The lowest BCUT2D eigenvalue weighted by molar-refractivity contribution is 0.0693. The normalized spacial score (nSPS) is 11.0. The van der Waals surface area contributed by atoms with Gasteiger partial charge in [0.1, 0.15) is 11.3 Å². The van der Waals surface area contributed by atoms with Crippen LogP contribution in [-0.4, -0.2) is 16.2 Å². The van der Waals surface area contributed by atoms with Gasteiger partial charge in [-0.15, -0.1) is 0 Å². The first-order valence-corrected chi connectivity index (χ1v) is 11.7. The van der Waals surface area contributed by atoms with Gasteiger partial charge in [-0.2, -0.15) is 0 Å². The Morgan fingerprint density at radius 3 is 1.59 bits per heavy atom. The van der Waals surface area contributed by atoms with Crippen molar-refractivity contribution in [3.8, 4) is 5.75 Å². The third-order valence-electron chi connectivity index (χ3n) is 6.37. The van der Waals surface area contributed by atoms with E-state index in [9.17, 15) is 15.0 Å². The lowest BCUT2D eigenvalue weighted by Crippen LogP contribution is -2.05. The first-order valence-electron chi connectivity index (χ1n) is 11.7. The quantitative estimate of drug-likeness (QED) is 0.406. The topological polar surface area (TPSA) is 57.5 Å². The average molecular weight is 431 g/mol. The molecule has 0 fully saturated rings. The molecule has 0 saturated carbocycles. The third-order valence-corrected chi connectivity index (χ3v) is 6.37. The highest BCUT2D eigenvalue weighted by atomic mass is 16.4. The molecule has 0 unspecified atom stereocenters. The predicted octanol–water partition coefficient (Wildman–Crippen LogP) is 6.52. The van der Waals surface area contributed by atoms with Crippen molar-refractivity contribution in [3.05, 3.63) is 98.6 Å². The van der Waals surface area contributed by atoms with Gasteiger partial charge in [-0.25, -0.2) is 4.79 Å². The van der Waals surface area contributed by atoms with Crippen molar-refractivity contribution >= 4 is 5.97 Å². The second-order valence-electron chi connectivity index (χ2n) is 8.43. The van der Waals surface area contributed by atoms with E-state index in [0.29, 0.717) is 18.4 Å². The Hall–Kier alpha value is -3.07. The van der Waals surface area contributed by atoms with Crippen LogP contribution in [0.4, 0.5) is 0 Å². The molecule has 0 heterocycles. The zero-order chi connectivity index (χ0) is 23.3. The molecule has 0 radical (unpaired) electrons. The maximum absolute atomic E-state index is 11.9.